The first-order valence-electron chi connectivity index (χ1n) is 10.0. The molecule has 0 fully saturated rings. The molecule has 0 spiro atoms. The Balaban J connectivity index is 1.71. The highest BCUT2D eigenvalue weighted by molar-refractivity contribution is 5.94. The van der Waals surface area contributed by atoms with Crippen molar-refractivity contribution in [2.45, 2.75) is 13.2 Å². The van der Waals surface area contributed by atoms with E-state index in [2.05, 4.69) is 0 Å². The summed E-state index contributed by atoms with van der Waals surface area (Å²) in [6, 6.07) is 32.4. The minimum atomic E-state index is -1.05. The highest BCUT2D eigenvalue weighted by atomic mass is 16.5. The van der Waals surface area contributed by atoms with Crippen molar-refractivity contribution in [3.63, 3.8) is 0 Å². The highest BCUT2D eigenvalue weighted by Crippen LogP contribution is 2.37. The molecule has 0 atom stereocenters. The number of benzene rings is 4. The van der Waals surface area contributed by atoms with Gasteiger partial charge in [0.2, 0.25) is 0 Å². The molecule has 0 unspecified atom stereocenters. The SMILES string of the molecule is O=C(O)c1cc(-c2ccccc2)c(OCc2ccccc2)cc1OCc1ccccc1. The Morgan fingerprint density at radius 1 is 0.645 bits per heavy atom. The van der Waals surface area contributed by atoms with Crippen molar-refractivity contribution < 1.29 is 19.4 Å². The summed E-state index contributed by atoms with van der Waals surface area (Å²) in [4.78, 5) is 12.0. The lowest BCUT2D eigenvalue weighted by Gasteiger charge is -2.17. The molecule has 0 saturated carbocycles. The van der Waals surface area contributed by atoms with Crippen LogP contribution in [-0.2, 0) is 13.2 Å². The maximum atomic E-state index is 12.0. The van der Waals surface area contributed by atoms with Crippen LogP contribution in [0.3, 0.4) is 0 Å². The van der Waals surface area contributed by atoms with E-state index in [1.165, 1.54) is 0 Å². The maximum Gasteiger partial charge on any atom is 0.339 e. The van der Waals surface area contributed by atoms with E-state index in [4.69, 9.17) is 9.47 Å². The van der Waals surface area contributed by atoms with Crippen LogP contribution in [0.1, 0.15) is 21.5 Å². The zero-order chi connectivity index (χ0) is 21.5. The van der Waals surface area contributed by atoms with Crippen molar-refractivity contribution in [1.82, 2.24) is 0 Å². The summed E-state index contributed by atoms with van der Waals surface area (Å²) in [5.41, 5.74) is 3.67. The van der Waals surface area contributed by atoms with Gasteiger partial charge in [-0.05, 0) is 22.8 Å². The lowest BCUT2D eigenvalue weighted by Crippen LogP contribution is -2.06. The summed E-state index contributed by atoms with van der Waals surface area (Å²) < 4.78 is 12.0. The van der Waals surface area contributed by atoms with Crippen molar-refractivity contribution in [3.8, 4) is 22.6 Å². The number of carboxylic acid groups (broad SMARTS) is 1. The third kappa shape index (κ3) is 5.11. The summed E-state index contributed by atoms with van der Waals surface area (Å²) >= 11 is 0. The Kier molecular flexibility index (Phi) is 6.29. The van der Waals surface area contributed by atoms with E-state index < -0.39 is 5.97 Å². The fraction of sp³-hybridized carbons (Fsp3) is 0.0741. The molecule has 1 N–H and O–H groups in total. The molecule has 0 bridgehead atoms. The number of aromatic carboxylic acids is 1. The Bertz CT molecular complexity index is 1140. The molecule has 0 aliphatic rings. The van der Waals surface area contributed by atoms with Crippen LogP contribution >= 0.6 is 0 Å². The molecule has 0 aromatic heterocycles. The van der Waals surface area contributed by atoms with Gasteiger partial charge in [-0.3, -0.25) is 0 Å². The third-order valence-electron chi connectivity index (χ3n) is 4.87. The second kappa shape index (κ2) is 9.63. The van der Waals surface area contributed by atoms with E-state index in [1.807, 2.05) is 91.0 Å². The molecule has 0 saturated heterocycles. The topological polar surface area (TPSA) is 55.8 Å². The Labute approximate surface area is 181 Å². The largest absolute Gasteiger partial charge is 0.488 e. The highest BCUT2D eigenvalue weighted by Gasteiger charge is 2.18. The monoisotopic (exact) mass is 410 g/mol. The predicted octanol–water partition coefficient (Wildman–Crippen LogP) is 6.21. The van der Waals surface area contributed by atoms with Gasteiger partial charge in [0.05, 0.1) is 0 Å². The normalized spacial score (nSPS) is 10.5. The van der Waals surface area contributed by atoms with Gasteiger partial charge >= 0.3 is 5.97 Å². The zero-order valence-electron chi connectivity index (χ0n) is 16.9. The van der Waals surface area contributed by atoms with E-state index in [1.54, 1.807) is 12.1 Å². The predicted molar refractivity (Wildman–Crippen MR) is 120 cm³/mol. The molecule has 0 heterocycles. The number of carboxylic acids is 1. The number of hydrogen-bond acceptors (Lipinski definition) is 3. The van der Waals surface area contributed by atoms with Gasteiger partial charge in [0, 0.05) is 11.6 Å². The van der Waals surface area contributed by atoms with Crippen LogP contribution in [0.4, 0.5) is 0 Å². The van der Waals surface area contributed by atoms with Gasteiger partial charge in [-0.25, -0.2) is 4.79 Å². The number of carbonyl (C=O) groups is 1. The van der Waals surface area contributed by atoms with Gasteiger partial charge in [0.1, 0.15) is 30.3 Å². The summed E-state index contributed by atoms with van der Waals surface area (Å²) in [5.74, 6) is -0.197. The summed E-state index contributed by atoms with van der Waals surface area (Å²) in [6.07, 6.45) is 0. The van der Waals surface area contributed by atoms with E-state index in [0.717, 1.165) is 16.7 Å². The smallest absolute Gasteiger partial charge is 0.339 e. The molecule has 0 aliphatic heterocycles. The van der Waals surface area contributed by atoms with E-state index in [0.29, 0.717) is 17.9 Å². The molecule has 4 aromatic rings. The quantitative estimate of drug-likeness (QED) is 0.375. The fourth-order valence-electron chi connectivity index (χ4n) is 3.28. The van der Waals surface area contributed by atoms with Gasteiger partial charge in [0.25, 0.3) is 0 Å². The van der Waals surface area contributed by atoms with Crippen LogP contribution in [0.5, 0.6) is 11.5 Å². The average molecular weight is 410 g/mol. The summed E-state index contributed by atoms with van der Waals surface area (Å²) in [7, 11) is 0. The van der Waals surface area contributed by atoms with Crippen molar-refractivity contribution in [3.05, 3.63) is 120 Å². The van der Waals surface area contributed by atoms with E-state index in [9.17, 15) is 9.90 Å². The zero-order valence-corrected chi connectivity index (χ0v) is 16.9. The van der Waals surface area contributed by atoms with Crippen molar-refractivity contribution in [2.24, 2.45) is 0 Å². The Morgan fingerprint density at radius 3 is 1.65 bits per heavy atom. The second-order valence-corrected chi connectivity index (χ2v) is 7.06. The van der Waals surface area contributed by atoms with Gasteiger partial charge in [-0.15, -0.1) is 0 Å². The Hall–Kier alpha value is -4.05. The molecule has 4 nitrogen and oxygen atoms in total. The standard InChI is InChI=1S/C27H22O4/c28-27(29)24-16-23(22-14-8-3-9-15-22)25(30-18-20-10-4-1-5-11-20)17-26(24)31-19-21-12-6-2-7-13-21/h1-17H,18-19H2,(H,28,29). The molecule has 4 heteroatoms. The number of ether oxygens (including phenoxy) is 2. The molecule has 31 heavy (non-hydrogen) atoms. The van der Waals surface area contributed by atoms with Gasteiger partial charge in [0.15, 0.2) is 0 Å². The van der Waals surface area contributed by atoms with E-state index >= 15 is 0 Å². The second-order valence-electron chi connectivity index (χ2n) is 7.06. The molecular formula is C27H22O4. The molecule has 154 valence electrons. The van der Waals surface area contributed by atoms with Gasteiger partial charge in [-0.2, -0.15) is 0 Å². The van der Waals surface area contributed by atoms with Gasteiger partial charge < -0.3 is 14.6 Å². The maximum absolute atomic E-state index is 12.0. The molecular weight excluding hydrogens is 388 g/mol. The first-order valence-corrected chi connectivity index (χ1v) is 10.0. The molecule has 4 rings (SSSR count). The lowest BCUT2D eigenvalue weighted by atomic mass is 10.0. The average Bonchev–Trinajstić information content (AvgIpc) is 2.83. The van der Waals surface area contributed by atoms with Crippen LogP contribution in [0.2, 0.25) is 0 Å². The lowest BCUT2D eigenvalue weighted by molar-refractivity contribution is 0.0691. The number of rotatable bonds is 8. The first-order chi connectivity index (χ1) is 15.2. The van der Waals surface area contributed by atoms with Crippen molar-refractivity contribution in [2.75, 3.05) is 0 Å². The van der Waals surface area contributed by atoms with Crippen LogP contribution in [0.25, 0.3) is 11.1 Å². The van der Waals surface area contributed by atoms with Crippen molar-refractivity contribution in [1.29, 1.82) is 0 Å². The van der Waals surface area contributed by atoms with E-state index in [-0.39, 0.29) is 17.9 Å². The first kappa shape index (κ1) is 20.2. The van der Waals surface area contributed by atoms with Crippen LogP contribution in [-0.4, -0.2) is 11.1 Å². The number of hydrogen-bond donors (Lipinski definition) is 1. The summed E-state index contributed by atoms with van der Waals surface area (Å²) in [6.45, 7) is 0.634. The minimum Gasteiger partial charge on any atom is -0.488 e. The summed E-state index contributed by atoms with van der Waals surface area (Å²) in [5, 5.41) is 9.81. The van der Waals surface area contributed by atoms with Crippen LogP contribution in [0.15, 0.2) is 103 Å². The molecule has 4 aromatic carbocycles. The molecule has 0 amide bonds. The minimum absolute atomic E-state index is 0.0989. The fourth-order valence-corrected chi connectivity index (χ4v) is 3.28. The van der Waals surface area contributed by atoms with Gasteiger partial charge in [-0.1, -0.05) is 91.0 Å². The van der Waals surface area contributed by atoms with Crippen LogP contribution in [0, 0.1) is 0 Å². The van der Waals surface area contributed by atoms with Crippen molar-refractivity contribution >= 4 is 5.97 Å². The molecule has 0 radical (unpaired) electrons. The van der Waals surface area contributed by atoms with Crippen LogP contribution < -0.4 is 9.47 Å². The Morgan fingerprint density at radius 2 is 1.13 bits per heavy atom. The third-order valence-corrected chi connectivity index (χ3v) is 4.87. The molecule has 0 aliphatic carbocycles.